The lowest BCUT2D eigenvalue weighted by Crippen LogP contribution is -2.29. The van der Waals surface area contributed by atoms with Crippen molar-refractivity contribution in [2.24, 2.45) is 0 Å². The highest BCUT2D eigenvalue weighted by Crippen LogP contribution is 2.29. The van der Waals surface area contributed by atoms with Gasteiger partial charge in [-0.3, -0.25) is 0 Å². The maximum Gasteiger partial charge on any atom is 0.345 e. The highest BCUT2D eigenvalue weighted by Gasteiger charge is 2.20. The fourth-order valence-electron chi connectivity index (χ4n) is 1.76. The van der Waals surface area contributed by atoms with Gasteiger partial charge in [-0.2, -0.15) is 0 Å². The normalized spacial score (nSPS) is 11.7. The quantitative estimate of drug-likeness (QED) is 0.767. The minimum absolute atomic E-state index is 0.205. The number of carbonyl (C=O) groups is 1. The average Bonchev–Trinajstić information content (AvgIpc) is 2.49. The zero-order valence-corrected chi connectivity index (χ0v) is 13.9. The molecule has 2 rings (SSSR count). The molecule has 0 aliphatic carbocycles. The van der Waals surface area contributed by atoms with E-state index in [0.29, 0.717) is 16.5 Å². The summed E-state index contributed by atoms with van der Waals surface area (Å²) < 4.78 is 11.8. The summed E-state index contributed by atoms with van der Waals surface area (Å²) in [5, 5.41) is 9.60. The van der Waals surface area contributed by atoms with E-state index in [9.17, 15) is 9.90 Å². The molecule has 0 aliphatic heterocycles. The Balaban J connectivity index is 1.94. The number of carboxylic acids is 1. The van der Waals surface area contributed by atoms with Crippen molar-refractivity contribution in [2.45, 2.75) is 12.5 Å². The number of benzene rings is 2. The van der Waals surface area contributed by atoms with Gasteiger partial charge in [-0.1, -0.05) is 45.7 Å². The standard InChI is InChI=1S/C16H14BrClO4/c17-11-6-7-14(13(18)10-11)22-15(16(19)20)8-9-21-12-4-2-1-3-5-12/h1-7,10,15H,8-9H2,(H,19,20)/t15-/m1/s1. The van der Waals surface area contributed by atoms with Crippen LogP contribution in [0.25, 0.3) is 0 Å². The van der Waals surface area contributed by atoms with Crippen LogP contribution in [0.3, 0.4) is 0 Å². The lowest BCUT2D eigenvalue weighted by Gasteiger charge is -2.16. The maximum atomic E-state index is 11.3. The minimum Gasteiger partial charge on any atom is -0.493 e. The van der Waals surface area contributed by atoms with Gasteiger partial charge in [-0.05, 0) is 30.3 Å². The molecule has 1 atom stereocenters. The molecule has 116 valence electrons. The summed E-state index contributed by atoms with van der Waals surface area (Å²) >= 11 is 9.31. The first-order valence-electron chi connectivity index (χ1n) is 6.58. The lowest BCUT2D eigenvalue weighted by molar-refractivity contribution is -0.145. The third kappa shape index (κ3) is 4.93. The van der Waals surface area contributed by atoms with E-state index in [4.69, 9.17) is 21.1 Å². The molecule has 0 saturated heterocycles. The zero-order chi connectivity index (χ0) is 15.9. The van der Waals surface area contributed by atoms with E-state index in [-0.39, 0.29) is 13.0 Å². The van der Waals surface area contributed by atoms with Gasteiger partial charge in [0.2, 0.25) is 0 Å². The third-order valence-corrected chi connectivity index (χ3v) is 3.62. The number of halogens is 2. The molecule has 0 radical (unpaired) electrons. The first-order valence-corrected chi connectivity index (χ1v) is 7.75. The van der Waals surface area contributed by atoms with E-state index in [2.05, 4.69) is 15.9 Å². The van der Waals surface area contributed by atoms with Crippen molar-refractivity contribution < 1.29 is 19.4 Å². The second-order valence-corrected chi connectivity index (χ2v) is 5.79. The van der Waals surface area contributed by atoms with Crippen LogP contribution in [0, 0.1) is 0 Å². The first-order chi connectivity index (χ1) is 10.6. The van der Waals surface area contributed by atoms with E-state index in [1.807, 2.05) is 30.3 Å². The van der Waals surface area contributed by atoms with E-state index in [1.54, 1.807) is 18.2 Å². The predicted molar refractivity (Wildman–Crippen MR) is 87.8 cm³/mol. The summed E-state index contributed by atoms with van der Waals surface area (Å²) in [5.74, 6) is -0.0408. The van der Waals surface area contributed by atoms with Gasteiger partial charge in [0, 0.05) is 10.9 Å². The molecule has 6 heteroatoms. The van der Waals surface area contributed by atoms with Gasteiger partial charge in [0.05, 0.1) is 11.6 Å². The van der Waals surface area contributed by atoms with Gasteiger partial charge < -0.3 is 14.6 Å². The molecule has 4 nitrogen and oxygen atoms in total. The molecular weight excluding hydrogens is 372 g/mol. The highest BCUT2D eigenvalue weighted by atomic mass is 79.9. The summed E-state index contributed by atoms with van der Waals surface area (Å²) in [6, 6.07) is 14.2. The SMILES string of the molecule is O=C(O)[C@@H](CCOc1ccccc1)Oc1ccc(Br)cc1Cl. The molecule has 22 heavy (non-hydrogen) atoms. The second-order valence-electron chi connectivity index (χ2n) is 4.47. The molecule has 0 saturated carbocycles. The van der Waals surface area contributed by atoms with Crippen LogP contribution < -0.4 is 9.47 Å². The Kier molecular flexibility index (Phi) is 6.10. The van der Waals surface area contributed by atoms with Crippen molar-refractivity contribution in [2.75, 3.05) is 6.61 Å². The van der Waals surface area contributed by atoms with Crippen molar-refractivity contribution in [3.05, 3.63) is 58.0 Å². The van der Waals surface area contributed by atoms with Crippen LogP contribution in [0.5, 0.6) is 11.5 Å². The van der Waals surface area contributed by atoms with E-state index >= 15 is 0 Å². The van der Waals surface area contributed by atoms with Crippen LogP contribution in [0.15, 0.2) is 53.0 Å². The summed E-state index contributed by atoms with van der Waals surface area (Å²) in [5.41, 5.74) is 0. The van der Waals surface area contributed by atoms with Crippen LogP contribution in [0.4, 0.5) is 0 Å². The van der Waals surface area contributed by atoms with Gasteiger partial charge in [0.25, 0.3) is 0 Å². The molecule has 0 unspecified atom stereocenters. The predicted octanol–water partition coefficient (Wildman–Crippen LogP) is 4.40. The van der Waals surface area contributed by atoms with Crippen LogP contribution in [-0.2, 0) is 4.79 Å². The van der Waals surface area contributed by atoms with E-state index in [0.717, 1.165) is 4.47 Å². The Morgan fingerprint density at radius 3 is 2.59 bits per heavy atom. The van der Waals surface area contributed by atoms with Gasteiger partial charge in [0.1, 0.15) is 11.5 Å². The largest absolute Gasteiger partial charge is 0.493 e. The Hall–Kier alpha value is -1.72. The first kappa shape index (κ1) is 16.6. The van der Waals surface area contributed by atoms with E-state index < -0.39 is 12.1 Å². The topological polar surface area (TPSA) is 55.8 Å². The van der Waals surface area contributed by atoms with Crippen LogP contribution in [0.2, 0.25) is 5.02 Å². The molecular formula is C16H14BrClO4. The van der Waals surface area contributed by atoms with Crippen molar-refractivity contribution in [1.82, 2.24) is 0 Å². The summed E-state index contributed by atoms with van der Waals surface area (Å²) in [4.78, 5) is 11.3. The molecule has 0 aromatic heterocycles. The maximum absolute atomic E-state index is 11.3. The minimum atomic E-state index is -1.06. The lowest BCUT2D eigenvalue weighted by atomic mass is 10.2. The van der Waals surface area contributed by atoms with Gasteiger partial charge in [-0.25, -0.2) is 4.79 Å². The number of ether oxygens (including phenoxy) is 2. The van der Waals surface area contributed by atoms with Gasteiger partial charge >= 0.3 is 5.97 Å². The van der Waals surface area contributed by atoms with Crippen molar-refractivity contribution >= 4 is 33.5 Å². The average molecular weight is 386 g/mol. The van der Waals surface area contributed by atoms with Crippen molar-refractivity contribution in [1.29, 1.82) is 0 Å². The van der Waals surface area contributed by atoms with Gasteiger partial charge in [0.15, 0.2) is 6.10 Å². The Labute approximate surface area is 141 Å². The summed E-state index contributed by atoms with van der Waals surface area (Å²) in [7, 11) is 0. The summed E-state index contributed by atoms with van der Waals surface area (Å²) in [6.07, 6.45) is -0.821. The zero-order valence-electron chi connectivity index (χ0n) is 11.5. The fourth-order valence-corrected chi connectivity index (χ4v) is 2.48. The molecule has 2 aromatic rings. The number of hydrogen-bond donors (Lipinski definition) is 1. The smallest absolute Gasteiger partial charge is 0.345 e. The molecule has 0 aliphatic rings. The molecule has 0 spiro atoms. The molecule has 0 heterocycles. The highest BCUT2D eigenvalue weighted by molar-refractivity contribution is 9.10. The number of aliphatic carboxylic acids is 1. The molecule has 0 amide bonds. The fraction of sp³-hybridized carbons (Fsp3) is 0.188. The Morgan fingerprint density at radius 2 is 1.95 bits per heavy atom. The number of hydrogen-bond acceptors (Lipinski definition) is 3. The van der Waals surface area contributed by atoms with Crippen molar-refractivity contribution in [3.8, 4) is 11.5 Å². The monoisotopic (exact) mass is 384 g/mol. The second kappa shape index (κ2) is 8.06. The Morgan fingerprint density at radius 1 is 1.23 bits per heavy atom. The molecule has 2 aromatic carbocycles. The van der Waals surface area contributed by atoms with Crippen LogP contribution in [0.1, 0.15) is 6.42 Å². The Bertz CT molecular complexity index is 633. The van der Waals surface area contributed by atoms with Crippen LogP contribution >= 0.6 is 27.5 Å². The van der Waals surface area contributed by atoms with Crippen LogP contribution in [-0.4, -0.2) is 23.8 Å². The molecule has 0 bridgehead atoms. The number of carboxylic acid groups (broad SMARTS) is 1. The van der Waals surface area contributed by atoms with E-state index in [1.165, 1.54) is 0 Å². The van der Waals surface area contributed by atoms with Gasteiger partial charge in [-0.15, -0.1) is 0 Å². The molecule has 1 N–H and O–H groups in total. The van der Waals surface area contributed by atoms with Crippen molar-refractivity contribution in [3.63, 3.8) is 0 Å². The third-order valence-electron chi connectivity index (χ3n) is 2.83. The molecule has 0 fully saturated rings. The number of para-hydroxylation sites is 1. The number of rotatable bonds is 7. The summed E-state index contributed by atoms with van der Waals surface area (Å²) in [6.45, 7) is 0.231.